The van der Waals surface area contributed by atoms with Crippen LogP contribution in [0.4, 0.5) is 0 Å². The number of benzene rings is 3. The number of methoxy groups -OCH3 is 3. The molecule has 1 heterocycles. The number of aromatic nitrogens is 1. The Hall–Kier alpha value is -4.72. The van der Waals surface area contributed by atoms with E-state index in [2.05, 4.69) is 22.4 Å². The highest BCUT2D eigenvalue weighted by atomic mass is 16.5. The summed E-state index contributed by atoms with van der Waals surface area (Å²) in [6.07, 6.45) is 1.74. The standard InChI is InChI=1S/C28H27N3O5/c1-18(22-15-24(33-2)27(35-4)25(16-22)34-3)30-31-28(32)21-12-10-19(11-13-21)17-36-23-9-5-7-20-8-6-14-29-26(20)23/h5-16,30H,1,17H2,2-4H3,(H,31,32). The lowest BCUT2D eigenvalue weighted by atomic mass is 10.1. The first kappa shape index (κ1) is 24.4. The number of nitrogens with zero attached hydrogens (tertiary/aromatic N) is 1. The van der Waals surface area contributed by atoms with Gasteiger partial charge in [-0.2, -0.15) is 0 Å². The Bertz CT molecular complexity index is 1360. The molecule has 4 rings (SSSR count). The third-order valence-corrected chi connectivity index (χ3v) is 5.55. The molecule has 0 saturated heterocycles. The average Bonchev–Trinajstić information content (AvgIpc) is 2.93. The zero-order chi connectivity index (χ0) is 25.5. The molecule has 4 aromatic rings. The molecule has 1 aromatic heterocycles. The Kier molecular flexibility index (Phi) is 7.55. The van der Waals surface area contributed by atoms with Crippen molar-refractivity contribution in [3.05, 3.63) is 96.2 Å². The Labute approximate surface area is 209 Å². The Balaban J connectivity index is 1.36. The van der Waals surface area contributed by atoms with E-state index < -0.39 is 0 Å². The van der Waals surface area contributed by atoms with E-state index in [0.717, 1.165) is 16.5 Å². The van der Waals surface area contributed by atoms with Crippen molar-refractivity contribution in [2.45, 2.75) is 6.61 Å². The van der Waals surface area contributed by atoms with Crippen LogP contribution in [0.25, 0.3) is 16.6 Å². The molecule has 8 nitrogen and oxygen atoms in total. The lowest BCUT2D eigenvalue weighted by Gasteiger charge is -2.16. The van der Waals surface area contributed by atoms with Gasteiger partial charge in [-0.15, -0.1) is 0 Å². The first-order valence-electron chi connectivity index (χ1n) is 11.1. The Morgan fingerprint density at radius 2 is 1.53 bits per heavy atom. The number of para-hydroxylation sites is 1. The van der Waals surface area contributed by atoms with Crippen LogP contribution in [0.15, 0.2) is 79.5 Å². The summed E-state index contributed by atoms with van der Waals surface area (Å²) in [7, 11) is 4.60. The molecule has 0 bridgehead atoms. The summed E-state index contributed by atoms with van der Waals surface area (Å²) in [5.41, 5.74) is 8.84. The molecule has 0 saturated carbocycles. The van der Waals surface area contributed by atoms with Gasteiger partial charge in [-0.25, -0.2) is 0 Å². The number of rotatable bonds is 10. The minimum Gasteiger partial charge on any atom is -0.493 e. The molecule has 0 radical (unpaired) electrons. The van der Waals surface area contributed by atoms with Crippen LogP contribution in [0.3, 0.4) is 0 Å². The number of nitrogens with one attached hydrogen (secondary N) is 2. The van der Waals surface area contributed by atoms with Crippen molar-refractivity contribution in [3.8, 4) is 23.0 Å². The number of hydrogen-bond acceptors (Lipinski definition) is 7. The van der Waals surface area contributed by atoms with Crippen LogP contribution >= 0.6 is 0 Å². The molecule has 2 N–H and O–H groups in total. The number of amides is 1. The second-order valence-corrected chi connectivity index (χ2v) is 7.79. The van der Waals surface area contributed by atoms with Crippen LogP contribution < -0.4 is 29.8 Å². The van der Waals surface area contributed by atoms with Crippen molar-refractivity contribution in [2.24, 2.45) is 0 Å². The molecule has 0 aliphatic heterocycles. The topological polar surface area (TPSA) is 90.9 Å². The maximum absolute atomic E-state index is 12.6. The third-order valence-electron chi connectivity index (χ3n) is 5.55. The molecule has 0 aliphatic rings. The predicted molar refractivity (Wildman–Crippen MR) is 138 cm³/mol. The summed E-state index contributed by atoms with van der Waals surface area (Å²) in [6.45, 7) is 4.34. The van der Waals surface area contributed by atoms with Gasteiger partial charge in [0.1, 0.15) is 17.9 Å². The van der Waals surface area contributed by atoms with Gasteiger partial charge in [0, 0.05) is 22.7 Å². The van der Waals surface area contributed by atoms with Crippen molar-refractivity contribution < 1.29 is 23.7 Å². The maximum atomic E-state index is 12.6. The second-order valence-electron chi connectivity index (χ2n) is 7.79. The van der Waals surface area contributed by atoms with E-state index in [1.807, 2.05) is 42.5 Å². The van der Waals surface area contributed by atoms with Gasteiger partial charge in [-0.3, -0.25) is 20.6 Å². The van der Waals surface area contributed by atoms with Gasteiger partial charge in [0.05, 0.1) is 27.0 Å². The van der Waals surface area contributed by atoms with E-state index >= 15 is 0 Å². The van der Waals surface area contributed by atoms with Crippen molar-refractivity contribution in [3.63, 3.8) is 0 Å². The summed E-state index contributed by atoms with van der Waals surface area (Å²) in [5.74, 6) is 1.84. The Morgan fingerprint density at radius 1 is 0.833 bits per heavy atom. The first-order valence-corrected chi connectivity index (χ1v) is 11.1. The minimum absolute atomic E-state index is 0.311. The molecule has 0 unspecified atom stereocenters. The summed E-state index contributed by atoms with van der Waals surface area (Å²) >= 11 is 0. The van der Waals surface area contributed by atoms with Gasteiger partial charge < -0.3 is 18.9 Å². The van der Waals surface area contributed by atoms with Crippen LogP contribution in [0.1, 0.15) is 21.5 Å². The third kappa shape index (κ3) is 5.33. The van der Waals surface area contributed by atoms with Crippen LogP contribution in [0, 0.1) is 0 Å². The molecule has 184 valence electrons. The summed E-state index contributed by atoms with van der Waals surface area (Å²) in [5, 5.41) is 1.02. The highest BCUT2D eigenvalue weighted by Gasteiger charge is 2.15. The van der Waals surface area contributed by atoms with Crippen LogP contribution in [-0.4, -0.2) is 32.2 Å². The van der Waals surface area contributed by atoms with E-state index in [9.17, 15) is 4.79 Å². The predicted octanol–water partition coefficient (Wildman–Crippen LogP) is 4.74. The van der Waals surface area contributed by atoms with Gasteiger partial charge in [0.25, 0.3) is 5.91 Å². The second kappa shape index (κ2) is 11.1. The molecular weight excluding hydrogens is 458 g/mol. The molecule has 36 heavy (non-hydrogen) atoms. The van der Waals surface area contributed by atoms with E-state index in [1.165, 1.54) is 21.3 Å². The van der Waals surface area contributed by atoms with Crippen LogP contribution in [-0.2, 0) is 6.61 Å². The Morgan fingerprint density at radius 3 is 2.19 bits per heavy atom. The average molecular weight is 486 g/mol. The molecule has 0 fully saturated rings. The highest BCUT2D eigenvalue weighted by molar-refractivity contribution is 5.94. The monoisotopic (exact) mass is 485 g/mol. The van der Waals surface area contributed by atoms with Crippen molar-refractivity contribution in [1.82, 2.24) is 15.8 Å². The summed E-state index contributed by atoms with van der Waals surface area (Å²) in [4.78, 5) is 17.0. The van der Waals surface area contributed by atoms with Crippen molar-refractivity contribution >= 4 is 22.5 Å². The SMILES string of the molecule is C=C(NNC(=O)c1ccc(COc2cccc3cccnc23)cc1)c1cc(OC)c(OC)c(OC)c1. The lowest BCUT2D eigenvalue weighted by molar-refractivity contribution is 0.0942. The number of fused-ring (bicyclic) bond motifs is 1. The van der Waals surface area contributed by atoms with Crippen molar-refractivity contribution in [1.29, 1.82) is 0 Å². The fraction of sp³-hybridized carbons (Fsp3) is 0.143. The van der Waals surface area contributed by atoms with E-state index in [1.54, 1.807) is 30.5 Å². The summed E-state index contributed by atoms with van der Waals surface area (Å²) in [6, 6.07) is 20.4. The number of pyridine rings is 1. The summed E-state index contributed by atoms with van der Waals surface area (Å²) < 4.78 is 22.0. The maximum Gasteiger partial charge on any atom is 0.269 e. The largest absolute Gasteiger partial charge is 0.493 e. The number of hydrazine groups is 1. The normalized spacial score (nSPS) is 10.4. The van der Waals surface area contributed by atoms with Crippen LogP contribution in [0.5, 0.6) is 23.0 Å². The van der Waals surface area contributed by atoms with Gasteiger partial charge in [-0.1, -0.05) is 36.9 Å². The first-order chi connectivity index (χ1) is 17.5. The molecule has 1 amide bonds. The van der Waals surface area contributed by atoms with Gasteiger partial charge in [-0.05, 0) is 42.0 Å². The minimum atomic E-state index is -0.311. The van der Waals surface area contributed by atoms with E-state index in [4.69, 9.17) is 18.9 Å². The molecule has 0 atom stereocenters. The zero-order valence-electron chi connectivity index (χ0n) is 20.3. The lowest BCUT2D eigenvalue weighted by Crippen LogP contribution is -2.35. The van der Waals surface area contributed by atoms with E-state index in [0.29, 0.717) is 46.4 Å². The van der Waals surface area contributed by atoms with Gasteiger partial charge in [0.2, 0.25) is 5.75 Å². The molecule has 0 spiro atoms. The molecule has 0 aliphatic carbocycles. The number of hydrogen-bond donors (Lipinski definition) is 2. The molecular formula is C28H27N3O5. The fourth-order valence-corrected chi connectivity index (χ4v) is 3.64. The van der Waals surface area contributed by atoms with Gasteiger partial charge >= 0.3 is 0 Å². The van der Waals surface area contributed by atoms with Crippen LogP contribution in [0.2, 0.25) is 0 Å². The quantitative estimate of drug-likeness (QED) is 0.314. The fourth-order valence-electron chi connectivity index (χ4n) is 3.64. The smallest absolute Gasteiger partial charge is 0.269 e. The highest BCUT2D eigenvalue weighted by Crippen LogP contribution is 2.39. The van der Waals surface area contributed by atoms with Crippen molar-refractivity contribution in [2.75, 3.05) is 21.3 Å². The number of ether oxygens (including phenoxy) is 4. The molecule has 3 aromatic carbocycles. The number of carbonyl (C=O) groups excluding carboxylic acids is 1. The molecule has 8 heteroatoms. The van der Waals surface area contributed by atoms with Gasteiger partial charge in [0.15, 0.2) is 11.5 Å². The zero-order valence-corrected chi connectivity index (χ0v) is 20.3. The van der Waals surface area contributed by atoms with E-state index in [-0.39, 0.29) is 5.91 Å². The number of carbonyl (C=O) groups is 1.